The molecule has 1 heterocycles. The number of H-pyrrole nitrogens is 1. The molecule has 2 N–H and O–H groups in total. The minimum atomic E-state index is -0.357. The summed E-state index contributed by atoms with van der Waals surface area (Å²) in [6.07, 6.45) is 0. The van der Waals surface area contributed by atoms with E-state index in [-0.39, 0.29) is 17.2 Å². The van der Waals surface area contributed by atoms with Crippen molar-refractivity contribution in [1.29, 1.82) is 0 Å². The van der Waals surface area contributed by atoms with E-state index in [1.807, 2.05) is 54.6 Å². The number of amides is 1. The highest BCUT2D eigenvalue weighted by atomic mass is 79.9. The number of fused-ring (bicyclic) bond motifs is 1. The highest BCUT2D eigenvalue weighted by molar-refractivity contribution is 9.10. The lowest BCUT2D eigenvalue weighted by molar-refractivity contribution is 0.102. The van der Waals surface area contributed by atoms with Gasteiger partial charge in [0.2, 0.25) is 0 Å². The van der Waals surface area contributed by atoms with Crippen molar-refractivity contribution < 1.29 is 4.79 Å². The van der Waals surface area contributed by atoms with Crippen LogP contribution in [0.15, 0.2) is 86.5 Å². The van der Waals surface area contributed by atoms with Crippen LogP contribution in [0.1, 0.15) is 10.4 Å². The van der Waals surface area contributed by atoms with Gasteiger partial charge in [0.25, 0.3) is 11.5 Å². The second-order valence-corrected chi connectivity index (χ2v) is 7.96. The number of aromatic amines is 1. The number of pyridine rings is 1. The van der Waals surface area contributed by atoms with Crippen LogP contribution in [0.4, 0.5) is 5.69 Å². The zero-order valence-electron chi connectivity index (χ0n) is 14.5. The van der Waals surface area contributed by atoms with E-state index in [9.17, 15) is 9.59 Å². The Labute approximate surface area is 177 Å². The van der Waals surface area contributed by atoms with Gasteiger partial charge in [-0.25, -0.2) is 0 Å². The minimum absolute atomic E-state index is 0.220. The van der Waals surface area contributed by atoms with E-state index in [2.05, 4.69) is 42.2 Å². The summed E-state index contributed by atoms with van der Waals surface area (Å²) in [5.74, 6) is -0.357. The van der Waals surface area contributed by atoms with Crippen molar-refractivity contribution in [2.75, 3.05) is 5.32 Å². The molecule has 0 saturated heterocycles. The Kier molecular flexibility index (Phi) is 5.15. The van der Waals surface area contributed by atoms with Gasteiger partial charge in [0.15, 0.2) is 0 Å². The van der Waals surface area contributed by atoms with Gasteiger partial charge < -0.3 is 10.3 Å². The second-order valence-electron chi connectivity index (χ2n) is 6.19. The fraction of sp³-hybridized carbons (Fsp3) is 0. The van der Waals surface area contributed by atoms with E-state index in [4.69, 9.17) is 0 Å². The van der Waals surface area contributed by atoms with Crippen molar-refractivity contribution in [2.24, 2.45) is 0 Å². The lowest BCUT2D eigenvalue weighted by atomic mass is 9.99. The summed E-state index contributed by atoms with van der Waals surface area (Å²) in [6, 6.07) is 22.3. The fourth-order valence-corrected chi connectivity index (χ4v) is 3.94. The third kappa shape index (κ3) is 3.53. The van der Waals surface area contributed by atoms with E-state index >= 15 is 0 Å². The van der Waals surface area contributed by atoms with Gasteiger partial charge in [0.05, 0.1) is 5.56 Å². The number of carbonyl (C=O) groups excluding carboxylic acids is 1. The van der Waals surface area contributed by atoms with Crippen LogP contribution in [0.25, 0.3) is 22.0 Å². The van der Waals surface area contributed by atoms with Gasteiger partial charge in [-0.1, -0.05) is 58.4 Å². The molecule has 0 aliphatic rings. The average Bonchev–Trinajstić information content (AvgIpc) is 2.70. The molecule has 138 valence electrons. The van der Waals surface area contributed by atoms with Crippen molar-refractivity contribution in [3.63, 3.8) is 0 Å². The molecule has 0 saturated carbocycles. The Hall–Kier alpha value is -2.70. The predicted octanol–water partition coefficient (Wildman–Crippen LogP) is 5.97. The highest BCUT2D eigenvalue weighted by Gasteiger charge is 2.18. The Morgan fingerprint density at radius 1 is 0.893 bits per heavy atom. The zero-order valence-corrected chi connectivity index (χ0v) is 17.7. The van der Waals surface area contributed by atoms with Crippen molar-refractivity contribution in [2.45, 2.75) is 0 Å². The summed E-state index contributed by atoms with van der Waals surface area (Å²) in [4.78, 5) is 28.6. The summed E-state index contributed by atoms with van der Waals surface area (Å²) in [7, 11) is 0. The maximum absolute atomic E-state index is 12.9. The molecule has 0 fully saturated rings. The minimum Gasteiger partial charge on any atom is -0.320 e. The Balaban J connectivity index is 1.95. The molecule has 0 spiro atoms. The van der Waals surface area contributed by atoms with E-state index in [0.29, 0.717) is 21.1 Å². The van der Waals surface area contributed by atoms with Crippen molar-refractivity contribution >= 4 is 54.4 Å². The van der Waals surface area contributed by atoms with E-state index in [1.165, 1.54) is 0 Å². The number of halogens is 2. The third-order valence-corrected chi connectivity index (χ3v) is 5.58. The molecule has 3 aromatic carbocycles. The lowest BCUT2D eigenvalue weighted by Gasteiger charge is -2.14. The number of hydrogen-bond acceptors (Lipinski definition) is 2. The maximum atomic E-state index is 12.9. The molecule has 0 aliphatic heterocycles. The van der Waals surface area contributed by atoms with Crippen LogP contribution in [0.5, 0.6) is 0 Å². The summed E-state index contributed by atoms with van der Waals surface area (Å²) in [5.41, 5.74) is 2.55. The predicted molar refractivity (Wildman–Crippen MR) is 120 cm³/mol. The molecular formula is C22H14Br2N2O2. The van der Waals surface area contributed by atoms with Gasteiger partial charge in [0.1, 0.15) is 5.69 Å². The van der Waals surface area contributed by atoms with Crippen LogP contribution in [0, 0.1) is 0 Å². The highest BCUT2D eigenvalue weighted by Crippen LogP contribution is 2.34. The van der Waals surface area contributed by atoms with Gasteiger partial charge in [-0.15, -0.1) is 0 Å². The quantitative estimate of drug-likeness (QED) is 0.366. The molecule has 0 atom stereocenters. The molecule has 1 aromatic heterocycles. The van der Waals surface area contributed by atoms with Crippen LogP contribution in [0.2, 0.25) is 0 Å². The number of benzene rings is 3. The molecule has 4 nitrogen and oxygen atoms in total. The molecule has 0 aliphatic carbocycles. The van der Waals surface area contributed by atoms with Crippen molar-refractivity contribution in [3.8, 4) is 11.1 Å². The molecule has 6 heteroatoms. The van der Waals surface area contributed by atoms with Gasteiger partial charge in [-0.2, -0.15) is 0 Å². The maximum Gasteiger partial charge on any atom is 0.272 e. The topological polar surface area (TPSA) is 62.0 Å². The second kappa shape index (κ2) is 7.73. The van der Waals surface area contributed by atoms with E-state index < -0.39 is 0 Å². The molecule has 4 rings (SSSR count). The summed E-state index contributed by atoms with van der Waals surface area (Å²) >= 11 is 6.88. The van der Waals surface area contributed by atoms with Crippen LogP contribution in [-0.4, -0.2) is 10.9 Å². The average molecular weight is 498 g/mol. The van der Waals surface area contributed by atoms with Gasteiger partial charge >= 0.3 is 0 Å². The molecule has 28 heavy (non-hydrogen) atoms. The first-order chi connectivity index (χ1) is 13.5. The number of anilines is 1. The third-order valence-electron chi connectivity index (χ3n) is 4.40. The summed E-state index contributed by atoms with van der Waals surface area (Å²) in [6.45, 7) is 0. The lowest BCUT2D eigenvalue weighted by Crippen LogP contribution is -2.21. The summed E-state index contributed by atoms with van der Waals surface area (Å²) in [5, 5.41) is 3.65. The van der Waals surface area contributed by atoms with Gasteiger partial charge in [0, 0.05) is 25.4 Å². The van der Waals surface area contributed by atoms with Crippen LogP contribution >= 0.6 is 31.9 Å². The van der Waals surface area contributed by atoms with Gasteiger partial charge in [-0.05, 0) is 51.8 Å². The van der Waals surface area contributed by atoms with Crippen molar-refractivity contribution in [1.82, 2.24) is 4.98 Å². The Bertz CT molecular complexity index is 1250. The van der Waals surface area contributed by atoms with Gasteiger partial charge in [-0.3, -0.25) is 9.59 Å². The van der Waals surface area contributed by atoms with E-state index in [0.717, 1.165) is 15.4 Å². The van der Waals surface area contributed by atoms with Crippen LogP contribution < -0.4 is 10.9 Å². The molecular weight excluding hydrogens is 484 g/mol. The first-order valence-corrected chi connectivity index (χ1v) is 10.1. The van der Waals surface area contributed by atoms with Crippen LogP contribution in [0.3, 0.4) is 0 Å². The SMILES string of the molecule is O=C(Nc1c(-c2ccccc2)c2cc(Br)ccc2[nH]c1=O)c1ccccc1Br. The number of hydrogen-bond donors (Lipinski definition) is 2. The molecule has 4 aromatic rings. The normalized spacial score (nSPS) is 10.8. The number of rotatable bonds is 3. The molecule has 1 amide bonds. The van der Waals surface area contributed by atoms with Crippen molar-refractivity contribution in [3.05, 3.63) is 97.7 Å². The monoisotopic (exact) mass is 496 g/mol. The first kappa shape index (κ1) is 18.7. The van der Waals surface area contributed by atoms with E-state index in [1.54, 1.807) is 18.2 Å². The number of carbonyl (C=O) groups is 1. The summed E-state index contributed by atoms with van der Waals surface area (Å²) < 4.78 is 1.54. The first-order valence-electron chi connectivity index (χ1n) is 8.51. The Morgan fingerprint density at radius 3 is 2.36 bits per heavy atom. The molecule has 0 bridgehead atoms. The standard InChI is InChI=1S/C22H14Br2N2O2/c23-14-10-11-18-16(12-14)19(13-6-2-1-3-7-13)20(22(28)25-18)26-21(27)15-8-4-5-9-17(15)24/h1-12H,(H,25,28)(H,26,27). The molecule has 0 radical (unpaired) electrons. The number of nitrogens with one attached hydrogen (secondary N) is 2. The largest absolute Gasteiger partial charge is 0.320 e. The van der Waals surface area contributed by atoms with Crippen LogP contribution in [-0.2, 0) is 0 Å². The molecule has 0 unspecified atom stereocenters. The fourth-order valence-electron chi connectivity index (χ4n) is 3.12. The zero-order chi connectivity index (χ0) is 19.7. The smallest absolute Gasteiger partial charge is 0.272 e. The number of aromatic nitrogens is 1. The Morgan fingerprint density at radius 2 is 1.61 bits per heavy atom.